The van der Waals surface area contributed by atoms with Gasteiger partial charge in [0.15, 0.2) is 5.78 Å². The van der Waals surface area contributed by atoms with Gasteiger partial charge in [0.1, 0.15) is 5.25 Å². The van der Waals surface area contributed by atoms with Gasteiger partial charge in [-0.25, -0.2) is 0 Å². The molecule has 1 N–H and O–H groups in total. The predicted molar refractivity (Wildman–Crippen MR) is 70.6 cm³/mol. The van der Waals surface area contributed by atoms with Crippen LogP contribution in [0.3, 0.4) is 0 Å². The first kappa shape index (κ1) is 12.2. The number of anilines is 1. The van der Waals surface area contributed by atoms with Crippen LogP contribution in [0.5, 0.6) is 0 Å². The molecule has 3 nitrogen and oxygen atoms in total. The lowest BCUT2D eigenvalue weighted by Gasteiger charge is -2.06. The summed E-state index contributed by atoms with van der Waals surface area (Å²) < 4.78 is 0. The highest BCUT2D eigenvalue weighted by molar-refractivity contribution is 7.99. The highest BCUT2D eigenvalue weighted by Crippen LogP contribution is 2.39. The molecule has 4 heteroatoms. The van der Waals surface area contributed by atoms with E-state index in [2.05, 4.69) is 5.32 Å². The highest BCUT2D eigenvalue weighted by Gasteiger charge is 2.30. The van der Waals surface area contributed by atoms with Gasteiger partial charge < -0.3 is 5.32 Å². The summed E-state index contributed by atoms with van der Waals surface area (Å²) in [7, 11) is 0. The Hall–Kier alpha value is -1.29. The van der Waals surface area contributed by atoms with Crippen molar-refractivity contribution in [1.82, 2.24) is 0 Å². The van der Waals surface area contributed by atoms with Crippen molar-refractivity contribution in [2.75, 3.05) is 11.6 Å². The van der Waals surface area contributed by atoms with Gasteiger partial charge in [0, 0.05) is 17.7 Å². The first-order chi connectivity index (χ1) is 8.17. The molecule has 0 saturated carbocycles. The second-order valence-electron chi connectivity index (χ2n) is 4.08. The number of thioether (sulfide) groups is 1. The van der Waals surface area contributed by atoms with Crippen LogP contribution < -0.4 is 5.32 Å². The molecular formula is C13H15NO2S. The third kappa shape index (κ3) is 2.22. The second kappa shape index (κ2) is 4.92. The zero-order valence-electron chi connectivity index (χ0n) is 9.95. The molecule has 90 valence electrons. The maximum Gasteiger partial charge on any atom is 0.242 e. The number of amides is 1. The first-order valence-corrected chi connectivity index (χ1v) is 6.97. The van der Waals surface area contributed by atoms with Crippen LogP contribution in [0.25, 0.3) is 0 Å². The number of nitrogens with one attached hydrogen (secondary N) is 1. The lowest BCUT2D eigenvalue weighted by Crippen LogP contribution is -2.08. The van der Waals surface area contributed by atoms with Crippen LogP contribution in [0.2, 0.25) is 0 Å². The smallest absolute Gasteiger partial charge is 0.242 e. The summed E-state index contributed by atoms with van der Waals surface area (Å²) >= 11 is 1.49. The maximum atomic E-state index is 11.8. The zero-order valence-corrected chi connectivity index (χ0v) is 10.8. The van der Waals surface area contributed by atoms with E-state index >= 15 is 0 Å². The minimum Gasteiger partial charge on any atom is -0.325 e. The predicted octanol–water partition coefficient (Wildman–Crippen LogP) is 3.03. The van der Waals surface area contributed by atoms with E-state index in [0.717, 1.165) is 17.7 Å². The topological polar surface area (TPSA) is 46.2 Å². The van der Waals surface area contributed by atoms with Crippen molar-refractivity contribution in [3.8, 4) is 0 Å². The number of ketones is 1. The third-order valence-electron chi connectivity index (χ3n) is 2.86. The van der Waals surface area contributed by atoms with Gasteiger partial charge in [-0.3, -0.25) is 9.59 Å². The molecule has 0 fully saturated rings. The van der Waals surface area contributed by atoms with Crippen molar-refractivity contribution in [3.63, 3.8) is 0 Å². The van der Waals surface area contributed by atoms with Crippen LogP contribution in [0, 0.1) is 0 Å². The largest absolute Gasteiger partial charge is 0.325 e. The molecule has 1 aromatic rings. The van der Waals surface area contributed by atoms with Crippen LogP contribution >= 0.6 is 11.8 Å². The van der Waals surface area contributed by atoms with Gasteiger partial charge in [-0.15, -0.1) is 11.8 Å². The average molecular weight is 249 g/mol. The molecule has 1 aromatic carbocycles. The van der Waals surface area contributed by atoms with Gasteiger partial charge in [-0.05, 0) is 36.4 Å². The van der Waals surface area contributed by atoms with Crippen molar-refractivity contribution in [2.24, 2.45) is 0 Å². The van der Waals surface area contributed by atoms with Crippen molar-refractivity contribution < 1.29 is 9.59 Å². The normalized spacial score (nSPS) is 17.8. The zero-order chi connectivity index (χ0) is 12.4. The summed E-state index contributed by atoms with van der Waals surface area (Å²) in [4.78, 5) is 23.5. The monoisotopic (exact) mass is 249 g/mol. The number of benzene rings is 1. The van der Waals surface area contributed by atoms with Gasteiger partial charge in [0.05, 0.1) is 0 Å². The molecule has 2 rings (SSSR count). The number of fused-ring (bicyclic) bond motifs is 1. The molecule has 1 unspecified atom stereocenters. The summed E-state index contributed by atoms with van der Waals surface area (Å²) in [6.07, 6.45) is 3.31. The van der Waals surface area contributed by atoms with E-state index in [0.29, 0.717) is 12.0 Å². The van der Waals surface area contributed by atoms with Gasteiger partial charge in [-0.1, -0.05) is 6.92 Å². The van der Waals surface area contributed by atoms with E-state index in [1.165, 1.54) is 11.8 Å². The van der Waals surface area contributed by atoms with Gasteiger partial charge in [-0.2, -0.15) is 0 Å². The molecule has 1 atom stereocenters. The summed E-state index contributed by atoms with van der Waals surface area (Å²) in [5, 5.41) is 2.64. The van der Waals surface area contributed by atoms with Crippen molar-refractivity contribution in [2.45, 2.75) is 25.0 Å². The minimum absolute atomic E-state index is 0.00703. The Morgan fingerprint density at radius 2 is 2.24 bits per heavy atom. The van der Waals surface area contributed by atoms with E-state index < -0.39 is 0 Å². The Morgan fingerprint density at radius 1 is 1.47 bits per heavy atom. The molecule has 0 saturated heterocycles. The number of hydrogen-bond donors (Lipinski definition) is 1. The van der Waals surface area contributed by atoms with E-state index in [-0.39, 0.29) is 16.9 Å². The number of hydrogen-bond acceptors (Lipinski definition) is 3. The Bertz CT molecular complexity index is 470. The standard InChI is InChI=1S/C13H15NO2S/c1-3-4-11(15)8-5-6-10-9(7-8)12(17-2)13(16)14-10/h5-7,12H,3-4H2,1-2H3,(H,14,16). The quantitative estimate of drug-likeness (QED) is 0.834. The summed E-state index contributed by atoms with van der Waals surface area (Å²) in [5.41, 5.74) is 2.48. The van der Waals surface area contributed by atoms with Crippen LogP contribution in [0.1, 0.15) is 40.9 Å². The molecule has 17 heavy (non-hydrogen) atoms. The lowest BCUT2D eigenvalue weighted by molar-refractivity contribution is -0.115. The Kier molecular flexibility index (Phi) is 3.52. The van der Waals surface area contributed by atoms with E-state index in [4.69, 9.17) is 0 Å². The van der Waals surface area contributed by atoms with E-state index in [9.17, 15) is 9.59 Å². The Labute approximate surface area is 105 Å². The lowest BCUT2D eigenvalue weighted by atomic mass is 10.0. The molecule has 1 aliphatic rings. The molecule has 0 radical (unpaired) electrons. The number of carbonyl (C=O) groups excluding carboxylic acids is 2. The molecular weight excluding hydrogens is 234 g/mol. The molecule has 1 amide bonds. The van der Waals surface area contributed by atoms with Gasteiger partial charge in [0.25, 0.3) is 0 Å². The SMILES string of the molecule is CCCC(=O)c1ccc2c(c1)C(SC)C(=O)N2. The van der Waals surface area contributed by atoms with Gasteiger partial charge in [0.2, 0.25) is 5.91 Å². The number of carbonyl (C=O) groups is 2. The Morgan fingerprint density at radius 3 is 2.88 bits per heavy atom. The molecule has 0 spiro atoms. The fourth-order valence-electron chi connectivity index (χ4n) is 2.01. The van der Waals surface area contributed by atoms with Crippen LogP contribution in [0.4, 0.5) is 5.69 Å². The third-order valence-corrected chi connectivity index (χ3v) is 3.80. The molecule has 0 bridgehead atoms. The number of Topliss-reactive ketones (excluding diaryl/α,β-unsaturated/α-hetero) is 1. The van der Waals surface area contributed by atoms with Crippen LogP contribution in [-0.2, 0) is 4.79 Å². The fraction of sp³-hybridized carbons (Fsp3) is 0.385. The average Bonchev–Trinajstić information content (AvgIpc) is 2.63. The molecule has 0 aromatic heterocycles. The second-order valence-corrected chi connectivity index (χ2v) is 5.02. The minimum atomic E-state index is -0.181. The van der Waals surface area contributed by atoms with E-state index in [1.807, 2.05) is 25.3 Å². The van der Waals surface area contributed by atoms with Crippen molar-refractivity contribution in [1.29, 1.82) is 0 Å². The van der Waals surface area contributed by atoms with Crippen molar-refractivity contribution in [3.05, 3.63) is 29.3 Å². The molecule has 1 aliphatic heterocycles. The van der Waals surface area contributed by atoms with Crippen molar-refractivity contribution >= 4 is 29.1 Å². The maximum absolute atomic E-state index is 11.8. The first-order valence-electron chi connectivity index (χ1n) is 5.68. The van der Waals surface area contributed by atoms with Crippen LogP contribution in [-0.4, -0.2) is 17.9 Å². The van der Waals surface area contributed by atoms with E-state index in [1.54, 1.807) is 6.07 Å². The highest BCUT2D eigenvalue weighted by atomic mass is 32.2. The molecule has 0 aliphatic carbocycles. The summed E-state index contributed by atoms with van der Waals surface area (Å²) in [6, 6.07) is 5.47. The molecule has 1 heterocycles. The summed E-state index contributed by atoms with van der Waals surface area (Å²) in [6.45, 7) is 1.99. The van der Waals surface area contributed by atoms with Gasteiger partial charge >= 0.3 is 0 Å². The number of rotatable bonds is 4. The van der Waals surface area contributed by atoms with Crippen LogP contribution in [0.15, 0.2) is 18.2 Å². The fourth-order valence-corrected chi connectivity index (χ4v) is 2.73. The summed E-state index contributed by atoms with van der Waals surface area (Å²) in [5.74, 6) is 0.155. The Balaban J connectivity index is 2.34.